The van der Waals surface area contributed by atoms with E-state index in [9.17, 15) is 27.2 Å². The molecule has 154 valence electrons. The van der Waals surface area contributed by atoms with Gasteiger partial charge in [0.2, 0.25) is 0 Å². The van der Waals surface area contributed by atoms with Crippen LogP contribution in [0.1, 0.15) is 16.7 Å². The van der Waals surface area contributed by atoms with Crippen molar-refractivity contribution < 1.29 is 22.0 Å². The largest absolute Gasteiger partial charge is 0.417 e. The summed E-state index contributed by atoms with van der Waals surface area (Å²) in [7, 11) is 0. The van der Waals surface area contributed by atoms with Crippen molar-refractivity contribution in [3.05, 3.63) is 77.4 Å². The number of hydrogen-bond acceptors (Lipinski definition) is 4. The Hall–Kier alpha value is -2.57. The predicted molar refractivity (Wildman–Crippen MR) is 107 cm³/mol. The minimum Gasteiger partial charge on any atom is -0.240 e. The number of hydrogen-bond donors (Lipinski definition) is 0. The molecule has 0 aliphatic carbocycles. The Bertz CT molecular complexity index is 1050. The second kappa shape index (κ2) is 9.49. The van der Waals surface area contributed by atoms with Gasteiger partial charge in [-0.1, -0.05) is 54.2 Å². The van der Waals surface area contributed by atoms with Gasteiger partial charge in [0.1, 0.15) is 11.1 Å². The Morgan fingerprint density at radius 2 is 1.67 bits per heavy atom. The van der Waals surface area contributed by atoms with Crippen LogP contribution in [0.3, 0.4) is 0 Å². The van der Waals surface area contributed by atoms with Crippen LogP contribution in [-0.2, 0) is 11.9 Å². The van der Waals surface area contributed by atoms with E-state index < -0.39 is 23.1 Å². The minimum absolute atomic E-state index is 0.0190. The zero-order valence-corrected chi connectivity index (χ0v) is 16.8. The highest BCUT2D eigenvalue weighted by atomic mass is 32.2. The molecule has 0 atom stereocenters. The third-order valence-electron chi connectivity index (χ3n) is 4.00. The van der Waals surface area contributed by atoms with E-state index in [4.69, 9.17) is 0 Å². The normalized spacial score (nSPS) is 11.5. The third-order valence-corrected chi connectivity index (χ3v) is 5.77. The molecule has 2 nitrogen and oxygen atoms in total. The average Bonchev–Trinajstić information content (AvgIpc) is 2.71. The van der Waals surface area contributed by atoms with Gasteiger partial charge >= 0.3 is 6.18 Å². The summed E-state index contributed by atoms with van der Waals surface area (Å²) in [5.41, 5.74) is -0.371. The van der Waals surface area contributed by atoms with Crippen molar-refractivity contribution in [3.63, 3.8) is 0 Å². The molecule has 0 N–H and O–H groups in total. The van der Waals surface area contributed by atoms with E-state index in [0.29, 0.717) is 23.1 Å². The number of aromatic nitrogens is 1. The fraction of sp³-hybridized carbons (Fsp3) is 0.143. The van der Waals surface area contributed by atoms with Crippen molar-refractivity contribution in [2.24, 2.45) is 0 Å². The lowest BCUT2D eigenvalue weighted by molar-refractivity contribution is -0.138. The van der Waals surface area contributed by atoms with E-state index in [1.54, 1.807) is 6.07 Å². The van der Waals surface area contributed by atoms with Crippen LogP contribution in [0.4, 0.5) is 22.0 Å². The number of nitrogens with zero attached hydrogens (tertiary/aromatic N) is 2. The van der Waals surface area contributed by atoms with Crippen LogP contribution in [0, 0.1) is 11.3 Å². The van der Waals surface area contributed by atoms with Crippen molar-refractivity contribution >= 4 is 23.5 Å². The van der Waals surface area contributed by atoms with Gasteiger partial charge in [0.15, 0.2) is 0 Å². The average molecular weight is 452 g/mol. The molecule has 0 fully saturated rings. The van der Waals surface area contributed by atoms with Gasteiger partial charge in [-0.15, -0.1) is 11.8 Å². The maximum absolute atomic E-state index is 13.6. The van der Waals surface area contributed by atoms with E-state index in [-0.39, 0.29) is 15.6 Å². The number of halogens is 5. The van der Waals surface area contributed by atoms with Crippen molar-refractivity contribution in [2.75, 3.05) is 0 Å². The van der Waals surface area contributed by atoms with Gasteiger partial charge in [0, 0.05) is 16.2 Å². The zero-order chi connectivity index (χ0) is 21.7. The monoisotopic (exact) mass is 452 g/mol. The van der Waals surface area contributed by atoms with Crippen LogP contribution in [0.5, 0.6) is 0 Å². The Morgan fingerprint density at radius 1 is 1.00 bits per heavy atom. The van der Waals surface area contributed by atoms with Crippen molar-refractivity contribution in [2.45, 2.75) is 27.6 Å². The van der Waals surface area contributed by atoms with Gasteiger partial charge in [0.25, 0.3) is 5.76 Å². The second-order valence-corrected chi connectivity index (χ2v) is 8.05. The first-order valence-corrected chi connectivity index (χ1v) is 10.4. The Labute approximate surface area is 178 Å². The number of rotatable bonds is 6. The molecule has 0 amide bonds. The molecule has 9 heteroatoms. The van der Waals surface area contributed by atoms with Gasteiger partial charge in [-0.05, 0) is 23.8 Å². The molecule has 0 saturated heterocycles. The molecule has 0 radical (unpaired) electrons. The fourth-order valence-electron chi connectivity index (χ4n) is 2.64. The van der Waals surface area contributed by atoms with Gasteiger partial charge in [-0.3, -0.25) is 0 Å². The first-order valence-electron chi connectivity index (χ1n) is 8.52. The zero-order valence-electron chi connectivity index (χ0n) is 15.2. The maximum Gasteiger partial charge on any atom is 0.417 e. The summed E-state index contributed by atoms with van der Waals surface area (Å²) < 4.78 is 65.8. The molecule has 2 aromatic carbocycles. The molecule has 0 spiro atoms. The summed E-state index contributed by atoms with van der Waals surface area (Å²) in [5, 5.41) is 9.33. The molecule has 0 bridgehead atoms. The van der Waals surface area contributed by atoms with Crippen LogP contribution >= 0.6 is 23.5 Å². The number of thioether (sulfide) groups is 2. The summed E-state index contributed by atoms with van der Waals surface area (Å²) >= 11 is 1.38. The molecule has 0 saturated carbocycles. The van der Waals surface area contributed by atoms with Crippen molar-refractivity contribution in [3.8, 4) is 17.3 Å². The maximum atomic E-state index is 13.6. The first kappa shape index (κ1) is 22.1. The highest BCUT2D eigenvalue weighted by Crippen LogP contribution is 2.39. The predicted octanol–water partition coefficient (Wildman–Crippen LogP) is 7.25. The number of pyridine rings is 1. The Morgan fingerprint density at radius 3 is 2.23 bits per heavy atom. The molecule has 0 unspecified atom stereocenters. The van der Waals surface area contributed by atoms with Crippen molar-refractivity contribution in [1.29, 1.82) is 5.26 Å². The SMILES string of the molecule is N#Cc1c(C(F)(F)F)cc(-c2ccc(SC(F)F)cc2)nc1SCc1ccccc1. The van der Waals surface area contributed by atoms with E-state index >= 15 is 0 Å². The van der Waals surface area contributed by atoms with E-state index in [1.807, 2.05) is 30.3 Å². The Kier molecular flexibility index (Phi) is 7.00. The van der Waals surface area contributed by atoms with Crippen LogP contribution in [0.25, 0.3) is 11.3 Å². The third kappa shape index (κ3) is 5.52. The quantitative estimate of drug-likeness (QED) is 0.292. The van der Waals surface area contributed by atoms with E-state index in [1.165, 1.54) is 24.3 Å². The lowest BCUT2D eigenvalue weighted by atomic mass is 10.1. The molecular weight excluding hydrogens is 439 g/mol. The summed E-state index contributed by atoms with van der Waals surface area (Å²) in [5.74, 6) is -2.26. The molecule has 0 aliphatic rings. The minimum atomic E-state index is -4.74. The van der Waals surface area contributed by atoms with Crippen LogP contribution in [-0.4, -0.2) is 10.7 Å². The topological polar surface area (TPSA) is 36.7 Å². The second-order valence-electron chi connectivity index (χ2n) is 6.02. The van der Waals surface area contributed by atoms with Crippen LogP contribution in [0.2, 0.25) is 0 Å². The number of benzene rings is 2. The van der Waals surface area contributed by atoms with Crippen molar-refractivity contribution in [1.82, 2.24) is 4.98 Å². The highest BCUT2D eigenvalue weighted by Gasteiger charge is 2.36. The van der Waals surface area contributed by atoms with Crippen LogP contribution < -0.4 is 0 Å². The first-order chi connectivity index (χ1) is 14.3. The molecule has 0 aliphatic heterocycles. The fourth-order valence-corrected chi connectivity index (χ4v) is 4.10. The summed E-state index contributed by atoms with van der Waals surface area (Å²) in [6.45, 7) is 0. The van der Waals surface area contributed by atoms with E-state index in [2.05, 4.69) is 4.98 Å². The summed E-state index contributed by atoms with van der Waals surface area (Å²) in [4.78, 5) is 4.57. The van der Waals surface area contributed by atoms with Gasteiger partial charge in [0.05, 0.1) is 16.8 Å². The lowest BCUT2D eigenvalue weighted by Gasteiger charge is -2.14. The number of nitriles is 1. The van der Waals surface area contributed by atoms with Gasteiger partial charge in [-0.2, -0.15) is 27.2 Å². The lowest BCUT2D eigenvalue weighted by Crippen LogP contribution is -2.10. The number of alkyl halides is 5. The van der Waals surface area contributed by atoms with Crippen LogP contribution in [0.15, 0.2) is 70.6 Å². The molecule has 1 aromatic heterocycles. The van der Waals surface area contributed by atoms with Gasteiger partial charge in [-0.25, -0.2) is 4.98 Å². The van der Waals surface area contributed by atoms with E-state index in [0.717, 1.165) is 23.4 Å². The molecule has 1 heterocycles. The molecule has 30 heavy (non-hydrogen) atoms. The molecular formula is C21H13F5N2S2. The summed E-state index contributed by atoms with van der Waals surface area (Å²) in [6.07, 6.45) is -4.74. The standard InChI is InChI=1S/C21H13F5N2S2/c22-20(23)30-15-8-6-14(7-9-15)18-10-17(21(24,25)26)16(11-27)19(28-18)29-12-13-4-2-1-3-5-13/h1-10,20H,12H2. The smallest absolute Gasteiger partial charge is 0.240 e. The highest BCUT2D eigenvalue weighted by molar-refractivity contribution is 7.99. The summed E-state index contributed by atoms with van der Waals surface area (Å²) in [6, 6.07) is 17.2. The Balaban J connectivity index is 2.02. The molecule has 3 rings (SSSR count). The van der Waals surface area contributed by atoms with Gasteiger partial charge < -0.3 is 0 Å². The molecule has 3 aromatic rings.